The van der Waals surface area contributed by atoms with Crippen LogP contribution >= 0.6 is 0 Å². The molecule has 0 atom stereocenters. The first-order chi connectivity index (χ1) is 17.6. The second kappa shape index (κ2) is 14.8. The van der Waals surface area contributed by atoms with Crippen molar-refractivity contribution in [1.82, 2.24) is 0 Å². The molecule has 1 heterocycles. The molecule has 1 aliphatic heterocycles. The van der Waals surface area contributed by atoms with E-state index in [2.05, 4.69) is 0 Å². The number of hydrogen-bond acceptors (Lipinski definition) is 10. The maximum Gasteiger partial charge on any atom is 0.335 e. The van der Waals surface area contributed by atoms with Gasteiger partial charge in [0.25, 0.3) is 0 Å². The predicted octanol–water partition coefficient (Wildman–Crippen LogP) is 3.55. The maximum absolute atomic E-state index is 10.3. The molecule has 0 aromatic heterocycles. The number of phenols is 5. The molecule has 11 nitrogen and oxygen atoms in total. The Labute approximate surface area is 214 Å². The quantitative estimate of drug-likeness (QED) is 0.250. The van der Waals surface area contributed by atoms with Crippen molar-refractivity contribution in [1.29, 1.82) is 0 Å². The number of carboxylic acids is 1. The summed E-state index contributed by atoms with van der Waals surface area (Å²) < 4.78 is 15.1. The molecule has 37 heavy (non-hydrogen) atoms. The summed E-state index contributed by atoms with van der Waals surface area (Å²) >= 11 is 0. The highest BCUT2D eigenvalue weighted by Gasteiger charge is 2.15. The van der Waals surface area contributed by atoms with E-state index < -0.39 is 11.7 Å². The molecular weight excluding hydrogens is 488 g/mol. The van der Waals surface area contributed by atoms with Crippen LogP contribution in [0.1, 0.15) is 27.9 Å². The van der Waals surface area contributed by atoms with Crippen LogP contribution in [0.2, 0.25) is 0 Å². The number of aliphatic hydroxyl groups is 1. The number of hydrogen-bond donors (Lipinski definition) is 7. The molecule has 0 spiro atoms. The molecule has 0 bridgehead atoms. The van der Waals surface area contributed by atoms with Crippen LogP contribution in [-0.2, 0) is 6.42 Å². The van der Waals surface area contributed by atoms with Gasteiger partial charge in [-0.3, -0.25) is 0 Å². The number of carboxylic acid groups (broad SMARTS) is 1. The lowest BCUT2D eigenvalue weighted by atomic mass is 10.1. The molecule has 1 aliphatic rings. The van der Waals surface area contributed by atoms with Crippen LogP contribution in [0.15, 0.2) is 42.5 Å². The lowest BCUT2D eigenvalue weighted by molar-refractivity contribution is 0.0696. The zero-order valence-corrected chi connectivity index (χ0v) is 20.9. The van der Waals surface area contributed by atoms with Gasteiger partial charge in [0.15, 0.2) is 23.0 Å². The van der Waals surface area contributed by atoms with Crippen molar-refractivity contribution in [2.24, 2.45) is 0 Å². The number of aromatic hydroxyl groups is 5. The van der Waals surface area contributed by atoms with E-state index in [9.17, 15) is 15.0 Å². The number of aliphatic hydroxyl groups excluding tert-OH is 1. The van der Waals surface area contributed by atoms with E-state index >= 15 is 0 Å². The van der Waals surface area contributed by atoms with Gasteiger partial charge in [0.1, 0.15) is 17.2 Å². The van der Waals surface area contributed by atoms with Gasteiger partial charge in [-0.15, -0.1) is 0 Å². The molecule has 7 N–H and O–H groups in total. The molecule has 0 radical (unpaired) electrons. The number of aryl methyl sites for hydroxylation is 1. The van der Waals surface area contributed by atoms with Crippen LogP contribution in [0.3, 0.4) is 0 Å². The number of phenolic OH excluding ortho intramolecular Hbond substituents is 5. The van der Waals surface area contributed by atoms with Gasteiger partial charge in [-0.05, 0) is 55.7 Å². The smallest absolute Gasteiger partial charge is 0.335 e. The molecular formula is C26H32O11. The Morgan fingerprint density at radius 1 is 0.838 bits per heavy atom. The van der Waals surface area contributed by atoms with Crippen LogP contribution in [0.4, 0.5) is 0 Å². The predicted molar refractivity (Wildman–Crippen MR) is 134 cm³/mol. The Morgan fingerprint density at radius 3 is 1.95 bits per heavy atom. The zero-order chi connectivity index (χ0) is 28.1. The summed E-state index contributed by atoms with van der Waals surface area (Å²) in [6.45, 7) is 2.57. The summed E-state index contributed by atoms with van der Waals surface area (Å²) in [5.41, 5.74) is 1.74. The number of rotatable bonds is 3. The van der Waals surface area contributed by atoms with Gasteiger partial charge < -0.3 is 50.0 Å². The second-order valence-corrected chi connectivity index (χ2v) is 7.42. The standard InChI is InChI=1S/C9H10O3.C9H12O3.C7H6O4.CH4O/c10-6-4-8(11)7-2-1-3-12-9(7)5-6;1-6-4-7(11-2)9(10)8(5-6)12-3;8-5-2-1-4(7(10)11)3-6(5)9;1-2/h4-5,10-11H,1-3H2;4-5,10H,1-3H3;1-3,8-9H,(H,10,11);2H,1H3. The minimum absolute atomic E-state index is 0.0469. The van der Waals surface area contributed by atoms with E-state index in [4.69, 9.17) is 39.7 Å². The highest BCUT2D eigenvalue weighted by atomic mass is 16.5. The first-order valence-corrected chi connectivity index (χ1v) is 10.9. The monoisotopic (exact) mass is 520 g/mol. The average Bonchev–Trinajstić information content (AvgIpc) is 2.88. The Balaban J connectivity index is 0.000000269. The van der Waals surface area contributed by atoms with Crippen molar-refractivity contribution >= 4 is 5.97 Å². The van der Waals surface area contributed by atoms with Crippen LogP contribution in [0.5, 0.6) is 46.0 Å². The Bertz CT molecular complexity index is 1150. The minimum Gasteiger partial charge on any atom is -0.508 e. The molecule has 0 unspecified atom stereocenters. The van der Waals surface area contributed by atoms with Gasteiger partial charge in [-0.1, -0.05) is 0 Å². The number of carbonyl (C=O) groups is 1. The van der Waals surface area contributed by atoms with Crippen molar-refractivity contribution in [2.45, 2.75) is 19.8 Å². The number of methoxy groups -OCH3 is 2. The lowest BCUT2D eigenvalue weighted by Crippen LogP contribution is -2.07. The van der Waals surface area contributed by atoms with Crippen molar-refractivity contribution in [2.75, 3.05) is 27.9 Å². The zero-order valence-electron chi connectivity index (χ0n) is 20.9. The van der Waals surface area contributed by atoms with E-state index in [1.807, 2.05) is 6.92 Å². The third-order valence-electron chi connectivity index (χ3n) is 4.85. The van der Waals surface area contributed by atoms with Gasteiger partial charge in [0, 0.05) is 24.8 Å². The van der Waals surface area contributed by atoms with Gasteiger partial charge in [-0.2, -0.15) is 0 Å². The van der Waals surface area contributed by atoms with Gasteiger partial charge >= 0.3 is 5.97 Å². The van der Waals surface area contributed by atoms with Crippen molar-refractivity contribution in [3.63, 3.8) is 0 Å². The van der Waals surface area contributed by atoms with E-state index in [0.29, 0.717) is 23.9 Å². The molecule has 0 fully saturated rings. The molecule has 0 saturated carbocycles. The summed E-state index contributed by atoms with van der Waals surface area (Å²) in [6, 6.07) is 9.69. The van der Waals surface area contributed by atoms with Crippen LogP contribution in [0, 0.1) is 6.92 Å². The maximum atomic E-state index is 10.3. The molecule has 3 aromatic carbocycles. The first-order valence-electron chi connectivity index (χ1n) is 10.9. The first kappa shape index (κ1) is 30.5. The Hall–Kier alpha value is -4.51. The average molecular weight is 521 g/mol. The number of ether oxygens (including phenoxy) is 3. The lowest BCUT2D eigenvalue weighted by Gasteiger charge is -2.17. The van der Waals surface area contributed by atoms with E-state index in [1.54, 1.807) is 12.1 Å². The van der Waals surface area contributed by atoms with E-state index in [1.165, 1.54) is 32.4 Å². The molecule has 4 rings (SSSR count). The summed E-state index contributed by atoms with van der Waals surface area (Å²) in [6.07, 6.45) is 1.74. The fourth-order valence-corrected chi connectivity index (χ4v) is 3.11. The number of aromatic carboxylic acids is 1. The Kier molecular flexibility index (Phi) is 12.2. The molecule has 3 aromatic rings. The summed E-state index contributed by atoms with van der Waals surface area (Å²) in [7, 11) is 4.02. The Morgan fingerprint density at radius 2 is 1.43 bits per heavy atom. The van der Waals surface area contributed by atoms with Crippen LogP contribution < -0.4 is 14.2 Å². The van der Waals surface area contributed by atoms with Crippen LogP contribution in [-0.4, -0.2) is 69.7 Å². The number of benzene rings is 3. The topological polar surface area (TPSA) is 186 Å². The number of fused-ring (bicyclic) bond motifs is 1. The summed E-state index contributed by atoms with van der Waals surface area (Å²) in [5.74, 6) is -0.180. The third kappa shape index (κ3) is 8.89. The van der Waals surface area contributed by atoms with Gasteiger partial charge in [0.2, 0.25) is 5.75 Å². The molecule has 11 heteroatoms. The van der Waals surface area contributed by atoms with Gasteiger partial charge in [0.05, 0.1) is 26.4 Å². The van der Waals surface area contributed by atoms with E-state index in [-0.39, 0.29) is 28.6 Å². The van der Waals surface area contributed by atoms with Crippen molar-refractivity contribution < 1.29 is 54.8 Å². The second-order valence-electron chi connectivity index (χ2n) is 7.42. The highest BCUT2D eigenvalue weighted by molar-refractivity contribution is 5.88. The SMILES string of the molecule is CO.COc1cc(C)cc(OC)c1O.O=C(O)c1ccc(O)c(O)c1.Oc1cc(O)c2c(c1)OCCC2. The summed E-state index contributed by atoms with van der Waals surface area (Å²) in [4.78, 5) is 10.3. The van der Waals surface area contributed by atoms with Crippen molar-refractivity contribution in [3.05, 3.63) is 59.2 Å². The third-order valence-corrected chi connectivity index (χ3v) is 4.85. The summed E-state index contributed by atoms with van der Waals surface area (Å²) in [5, 5.41) is 61.0. The fourth-order valence-electron chi connectivity index (χ4n) is 3.11. The van der Waals surface area contributed by atoms with Crippen molar-refractivity contribution in [3.8, 4) is 46.0 Å². The fraction of sp³-hybridized carbons (Fsp3) is 0.269. The largest absolute Gasteiger partial charge is 0.508 e. The highest BCUT2D eigenvalue weighted by Crippen LogP contribution is 2.37. The van der Waals surface area contributed by atoms with Crippen LogP contribution in [0.25, 0.3) is 0 Å². The normalized spacial score (nSPS) is 10.9. The molecule has 202 valence electrons. The van der Waals surface area contributed by atoms with Gasteiger partial charge in [-0.25, -0.2) is 4.79 Å². The minimum atomic E-state index is -1.14. The molecule has 0 amide bonds. The molecule has 0 saturated heterocycles. The molecule has 0 aliphatic carbocycles. The van der Waals surface area contributed by atoms with E-state index in [0.717, 1.165) is 43.2 Å².